The summed E-state index contributed by atoms with van der Waals surface area (Å²) >= 11 is 0. The number of aromatic amines is 1. The molecule has 6 heteroatoms. The summed E-state index contributed by atoms with van der Waals surface area (Å²) in [6.45, 7) is 6.25. The van der Waals surface area contributed by atoms with Crippen molar-refractivity contribution in [1.82, 2.24) is 4.98 Å². The minimum Gasteiger partial charge on any atom is -0.462 e. The van der Waals surface area contributed by atoms with Gasteiger partial charge in [0.25, 0.3) is 0 Å². The maximum Gasteiger partial charge on any atom is 0.331 e. The van der Waals surface area contributed by atoms with Crippen LogP contribution >= 0.6 is 0 Å². The summed E-state index contributed by atoms with van der Waals surface area (Å²) in [6, 6.07) is 3.50. The van der Waals surface area contributed by atoms with Gasteiger partial charge in [0, 0.05) is 17.3 Å². The van der Waals surface area contributed by atoms with Gasteiger partial charge in [-0.2, -0.15) is 0 Å². The average Bonchev–Trinajstić information content (AvgIpc) is 3.05. The second-order valence-electron chi connectivity index (χ2n) is 5.49. The lowest BCUT2D eigenvalue weighted by atomic mass is 10.1. The van der Waals surface area contributed by atoms with Crippen LogP contribution in [0.3, 0.4) is 0 Å². The molecule has 126 valence electrons. The number of ether oxygens (including phenoxy) is 1. The number of aryl methyl sites for hydroxylation is 2. The second kappa shape index (κ2) is 7.12. The number of carbonyl (C=O) groups excluding carboxylic acids is 3. The molecule has 0 bridgehead atoms. The zero-order chi connectivity index (χ0) is 17.9. The van der Waals surface area contributed by atoms with Crippen molar-refractivity contribution in [3.05, 3.63) is 52.2 Å². The van der Waals surface area contributed by atoms with Crippen LogP contribution in [-0.4, -0.2) is 29.1 Å². The molecule has 24 heavy (non-hydrogen) atoms. The highest BCUT2D eigenvalue weighted by molar-refractivity contribution is 6.04. The lowest BCUT2D eigenvalue weighted by Crippen LogP contribution is -2.14. The number of hydrogen-bond acceptors (Lipinski definition) is 5. The molecule has 0 amide bonds. The van der Waals surface area contributed by atoms with Crippen molar-refractivity contribution >= 4 is 23.6 Å². The smallest absolute Gasteiger partial charge is 0.331 e. The van der Waals surface area contributed by atoms with Gasteiger partial charge < -0.3 is 14.1 Å². The van der Waals surface area contributed by atoms with Crippen LogP contribution in [0.2, 0.25) is 0 Å². The van der Waals surface area contributed by atoms with Crippen LogP contribution in [0.5, 0.6) is 0 Å². The van der Waals surface area contributed by atoms with Crippen molar-refractivity contribution in [3.63, 3.8) is 0 Å². The van der Waals surface area contributed by atoms with E-state index in [-0.39, 0.29) is 11.5 Å². The van der Waals surface area contributed by atoms with E-state index in [4.69, 9.17) is 9.15 Å². The Hall–Kier alpha value is -2.89. The summed E-state index contributed by atoms with van der Waals surface area (Å²) in [5, 5.41) is 0. The number of carbonyl (C=O) groups is 3. The maximum absolute atomic E-state index is 12.2. The Labute approximate surface area is 139 Å². The van der Waals surface area contributed by atoms with Crippen molar-refractivity contribution in [2.45, 2.75) is 27.7 Å². The van der Waals surface area contributed by atoms with Crippen LogP contribution in [-0.2, 0) is 9.53 Å². The third kappa shape index (κ3) is 3.90. The number of esters is 1. The maximum atomic E-state index is 12.2. The molecule has 2 rings (SSSR count). The van der Waals surface area contributed by atoms with E-state index in [0.717, 1.165) is 5.76 Å². The Morgan fingerprint density at radius 2 is 1.92 bits per heavy atom. The summed E-state index contributed by atoms with van der Waals surface area (Å²) in [6.07, 6.45) is 2.66. The van der Waals surface area contributed by atoms with Crippen molar-refractivity contribution in [1.29, 1.82) is 0 Å². The van der Waals surface area contributed by atoms with E-state index < -0.39 is 18.4 Å². The van der Waals surface area contributed by atoms with Gasteiger partial charge in [0.1, 0.15) is 11.5 Å². The Kier molecular flexibility index (Phi) is 5.18. The molecule has 2 aromatic rings. The second-order valence-corrected chi connectivity index (χ2v) is 5.49. The molecular formula is C18H19NO5. The van der Waals surface area contributed by atoms with Gasteiger partial charge >= 0.3 is 5.97 Å². The average molecular weight is 329 g/mol. The number of Topliss-reactive ketones (excluding diaryl/α,β-unsaturated/α-hetero) is 2. The predicted molar refractivity (Wildman–Crippen MR) is 88.0 cm³/mol. The van der Waals surface area contributed by atoms with Gasteiger partial charge in [-0.3, -0.25) is 9.59 Å². The van der Waals surface area contributed by atoms with Crippen molar-refractivity contribution in [3.8, 4) is 0 Å². The van der Waals surface area contributed by atoms with Crippen molar-refractivity contribution in [2.75, 3.05) is 6.61 Å². The van der Waals surface area contributed by atoms with E-state index in [1.165, 1.54) is 19.1 Å². The van der Waals surface area contributed by atoms with E-state index in [0.29, 0.717) is 22.6 Å². The summed E-state index contributed by atoms with van der Waals surface area (Å²) in [4.78, 5) is 38.3. The molecule has 0 aliphatic rings. The van der Waals surface area contributed by atoms with Crippen LogP contribution in [0.25, 0.3) is 6.08 Å². The fourth-order valence-electron chi connectivity index (χ4n) is 2.51. The lowest BCUT2D eigenvalue weighted by molar-refractivity contribution is -0.136. The third-order valence-electron chi connectivity index (χ3n) is 3.56. The van der Waals surface area contributed by atoms with Crippen LogP contribution in [0.1, 0.15) is 50.5 Å². The number of rotatable bonds is 6. The first-order chi connectivity index (χ1) is 11.3. The van der Waals surface area contributed by atoms with E-state index in [2.05, 4.69) is 4.98 Å². The number of nitrogens with one attached hydrogen (secondary N) is 1. The fraction of sp³-hybridized carbons (Fsp3) is 0.278. The minimum atomic E-state index is -0.648. The topological polar surface area (TPSA) is 89.4 Å². The summed E-state index contributed by atoms with van der Waals surface area (Å²) in [7, 11) is 0. The van der Waals surface area contributed by atoms with E-state index in [1.807, 2.05) is 0 Å². The van der Waals surface area contributed by atoms with Crippen LogP contribution in [0, 0.1) is 20.8 Å². The van der Waals surface area contributed by atoms with E-state index in [1.54, 1.807) is 32.9 Å². The molecular weight excluding hydrogens is 310 g/mol. The van der Waals surface area contributed by atoms with Gasteiger partial charge in [0.2, 0.25) is 5.78 Å². The van der Waals surface area contributed by atoms with Gasteiger partial charge in [-0.25, -0.2) is 4.79 Å². The van der Waals surface area contributed by atoms with Crippen molar-refractivity contribution in [2.24, 2.45) is 0 Å². The summed E-state index contributed by atoms with van der Waals surface area (Å²) < 4.78 is 10.2. The molecule has 0 aliphatic carbocycles. The molecule has 0 fully saturated rings. The Morgan fingerprint density at radius 1 is 1.21 bits per heavy atom. The number of aromatic nitrogens is 1. The van der Waals surface area contributed by atoms with Crippen molar-refractivity contribution < 1.29 is 23.5 Å². The molecule has 0 atom stereocenters. The molecule has 2 heterocycles. The standard InChI is InChI=1S/C18H19NO5/c1-10-5-6-14(24-10)7-8-16(22)23-9-15(21)18-11(2)17(13(4)20)12(3)19-18/h5-8,19H,9H2,1-4H3. The minimum absolute atomic E-state index is 0.117. The van der Waals surface area contributed by atoms with E-state index in [9.17, 15) is 14.4 Å². The molecule has 6 nitrogen and oxygen atoms in total. The monoisotopic (exact) mass is 329 g/mol. The molecule has 0 spiro atoms. The first kappa shape index (κ1) is 17.5. The molecule has 0 aliphatic heterocycles. The van der Waals surface area contributed by atoms with E-state index >= 15 is 0 Å². The highest BCUT2D eigenvalue weighted by Gasteiger charge is 2.20. The normalized spacial score (nSPS) is 11.0. The Morgan fingerprint density at radius 3 is 2.46 bits per heavy atom. The van der Waals surface area contributed by atoms with Gasteiger partial charge in [0.05, 0.1) is 5.69 Å². The number of furan rings is 1. The highest BCUT2D eigenvalue weighted by atomic mass is 16.5. The quantitative estimate of drug-likeness (QED) is 0.499. The first-order valence-electron chi connectivity index (χ1n) is 7.44. The fourth-order valence-corrected chi connectivity index (χ4v) is 2.51. The predicted octanol–water partition coefficient (Wildman–Crippen LogP) is 3.17. The van der Waals surface area contributed by atoms with Gasteiger partial charge in [-0.1, -0.05) is 0 Å². The Balaban J connectivity index is 1.98. The largest absolute Gasteiger partial charge is 0.462 e. The number of hydrogen-bond donors (Lipinski definition) is 1. The number of ketones is 2. The van der Waals surface area contributed by atoms with Gasteiger partial charge in [-0.15, -0.1) is 0 Å². The molecule has 0 unspecified atom stereocenters. The molecule has 1 N–H and O–H groups in total. The van der Waals surface area contributed by atoms with Crippen LogP contribution in [0.15, 0.2) is 22.6 Å². The van der Waals surface area contributed by atoms with Crippen LogP contribution < -0.4 is 0 Å². The summed E-state index contributed by atoms with van der Waals surface area (Å²) in [5.41, 5.74) is 1.99. The number of H-pyrrole nitrogens is 1. The molecule has 2 aromatic heterocycles. The highest BCUT2D eigenvalue weighted by Crippen LogP contribution is 2.19. The molecule has 0 radical (unpaired) electrons. The summed E-state index contributed by atoms with van der Waals surface area (Å²) in [5.74, 6) is 0.104. The lowest BCUT2D eigenvalue weighted by Gasteiger charge is -2.01. The Bertz CT molecular complexity index is 823. The zero-order valence-corrected chi connectivity index (χ0v) is 14.1. The molecule has 0 aromatic carbocycles. The van der Waals surface area contributed by atoms with Gasteiger partial charge in [-0.05, 0) is 51.5 Å². The van der Waals surface area contributed by atoms with Crippen LogP contribution in [0.4, 0.5) is 0 Å². The first-order valence-corrected chi connectivity index (χ1v) is 7.44. The molecule has 0 saturated heterocycles. The molecule has 0 saturated carbocycles. The van der Waals surface area contributed by atoms with Gasteiger partial charge in [0.15, 0.2) is 12.4 Å². The zero-order valence-electron chi connectivity index (χ0n) is 14.1. The third-order valence-corrected chi connectivity index (χ3v) is 3.56. The SMILES string of the molecule is CC(=O)c1c(C)[nH]c(C(=O)COC(=O)C=Cc2ccc(C)o2)c1C.